The molecule has 6 heteroatoms. The zero-order valence-electron chi connectivity index (χ0n) is 10.4. The van der Waals surface area contributed by atoms with Crippen LogP contribution in [0.25, 0.3) is 10.1 Å². The number of hydrogen-bond donors (Lipinski definition) is 2. The maximum absolute atomic E-state index is 5.77. The summed E-state index contributed by atoms with van der Waals surface area (Å²) in [5, 5.41) is 3.55. The Morgan fingerprint density at radius 1 is 1.25 bits per heavy atom. The SMILES string of the molecule is NNC(Cc1csc2ccccc12)c1cc(Br)sc1Br. The van der Waals surface area contributed by atoms with Crippen molar-refractivity contribution in [2.24, 2.45) is 5.84 Å². The van der Waals surface area contributed by atoms with Crippen LogP contribution in [-0.2, 0) is 6.42 Å². The molecule has 2 aromatic heterocycles. The summed E-state index contributed by atoms with van der Waals surface area (Å²) in [4.78, 5) is 0. The van der Waals surface area contributed by atoms with E-state index in [9.17, 15) is 0 Å². The number of nitrogens with one attached hydrogen (secondary N) is 1. The number of nitrogens with two attached hydrogens (primary N) is 1. The van der Waals surface area contributed by atoms with Crippen molar-refractivity contribution in [1.29, 1.82) is 0 Å². The molecule has 1 aromatic carbocycles. The van der Waals surface area contributed by atoms with Gasteiger partial charge in [0.2, 0.25) is 0 Å². The summed E-state index contributed by atoms with van der Waals surface area (Å²) >= 11 is 10.6. The van der Waals surface area contributed by atoms with Gasteiger partial charge in [-0.3, -0.25) is 11.3 Å². The molecule has 2 heterocycles. The molecule has 1 unspecified atom stereocenters. The smallest absolute Gasteiger partial charge is 0.0758 e. The normalized spacial score (nSPS) is 12.9. The van der Waals surface area contributed by atoms with E-state index in [0.29, 0.717) is 0 Å². The van der Waals surface area contributed by atoms with Crippen molar-refractivity contribution in [2.45, 2.75) is 12.5 Å². The van der Waals surface area contributed by atoms with Gasteiger partial charge in [0, 0.05) is 4.70 Å². The van der Waals surface area contributed by atoms with Gasteiger partial charge in [0.05, 0.1) is 13.6 Å². The van der Waals surface area contributed by atoms with Gasteiger partial charge < -0.3 is 0 Å². The quantitative estimate of drug-likeness (QED) is 0.438. The van der Waals surface area contributed by atoms with E-state index in [0.717, 1.165) is 14.0 Å². The molecular weight excluding hydrogens is 420 g/mol. The van der Waals surface area contributed by atoms with Crippen molar-refractivity contribution in [3.05, 3.63) is 54.4 Å². The minimum atomic E-state index is 0.102. The Labute approximate surface area is 142 Å². The summed E-state index contributed by atoms with van der Waals surface area (Å²) in [6.07, 6.45) is 0.877. The average molecular weight is 432 g/mol. The van der Waals surface area contributed by atoms with Gasteiger partial charge in [0.1, 0.15) is 0 Å². The highest BCUT2D eigenvalue weighted by molar-refractivity contribution is 9.12. The first kappa shape index (κ1) is 14.7. The summed E-state index contributed by atoms with van der Waals surface area (Å²) in [5.74, 6) is 5.77. The van der Waals surface area contributed by atoms with Gasteiger partial charge in [-0.05, 0) is 72.3 Å². The first-order valence-electron chi connectivity index (χ1n) is 6.05. The van der Waals surface area contributed by atoms with E-state index in [1.807, 2.05) is 0 Å². The summed E-state index contributed by atoms with van der Waals surface area (Å²) in [6.45, 7) is 0. The Morgan fingerprint density at radius 3 is 2.75 bits per heavy atom. The van der Waals surface area contributed by atoms with E-state index in [1.54, 1.807) is 22.7 Å². The average Bonchev–Trinajstić information content (AvgIpc) is 3.00. The molecule has 0 saturated carbocycles. The van der Waals surface area contributed by atoms with Crippen molar-refractivity contribution in [3.63, 3.8) is 0 Å². The van der Waals surface area contributed by atoms with Gasteiger partial charge in [0.15, 0.2) is 0 Å². The molecule has 1 atom stereocenters. The maximum Gasteiger partial charge on any atom is 0.0758 e. The van der Waals surface area contributed by atoms with Gasteiger partial charge in [-0.15, -0.1) is 22.7 Å². The largest absolute Gasteiger partial charge is 0.271 e. The monoisotopic (exact) mass is 430 g/mol. The second-order valence-corrected chi connectivity index (χ2v) is 9.12. The summed E-state index contributed by atoms with van der Waals surface area (Å²) < 4.78 is 3.55. The fraction of sp³-hybridized carbons (Fsp3) is 0.143. The molecule has 0 radical (unpaired) electrons. The zero-order chi connectivity index (χ0) is 14.1. The van der Waals surface area contributed by atoms with E-state index in [2.05, 4.69) is 73.0 Å². The van der Waals surface area contributed by atoms with Crippen LogP contribution in [0.5, 0.6) is 0 Å². The number of fused-ring (bicyclic) bond motifs is 1. The lowest BCUT2D eigenvalue weighted by Gasteiger charge is -2.15. The van der Waals surface area contributed by atoms with Gasteiger partial charge in [-0.2, -0.15) is 0 Å². The fourth-order valence-corrected chi connectivity index (χ4v) is 6.21. The Bertz CT molecular complexity index is 736. The topological polar surface area (TPSA) is 38.0 Å². The van der Waals surface area contributed by atoms with Crippen molar-refractivity contribution in [3.8, 4) is 0 Å². The minimum absolute atomic E-state index is 0.102. The lowest BCUT2D eigenvalue weighted by Crippen LogP contribution is -2.29. The molecule has 0 bridgehead atoms. The van der Waals surface area contributed by atoms with Crippen LogP contribution in [0, 0.1) is 0 Å². The van der Waals surface area contributed by atoms with Crippen molar-refractivity contribution in [2.75, 3.05) is 0 Å². The predicted molar refractivity (Wildman–Crippen MR) is 95.3 cm³/mol. The predicted octanol–water partition coefficient (Wildman–Crippen LogP) is 5.23. The first-order valence-corrected chi connectivity index (χ1v) is 9.33. The van der Waals surface area contributed by atoms with Crippen LogP contribution in [0.1, 0.15) is 17.2 Å². The van der Waals surface area contributed by atoms with Gasteiger partial charge in [0.25, 0.3) is 0 Å². The third-order valence-corrected chi connectivity index (χ3v) is 6.64. The molecular formula is C14H12Br2N2S2. The molecule has 3 aromatic rings. The molecule has 0 fully saturated rings. The second-order valence-electron chi connectivity index (χ2n) is 4.46. The number of thiophene rings is 2. The molecule has 0 aliphatic carbocycles. The maximum atomic E-state index is 5.77. The van der Waals surface area contributed by atoms with Gasteiger partial charge in [-0.25, -0.2) is 0 Å². The second kappa shape index (κ2) is 6.25. The van der Waals surface area contributed by atoms with Crippen LogP contribution in [0.15, 0.2) is 43.3 Å². The van der Waals surface area contributed by atoms with Crippen molar-refractivity contribution < 1.29 is 0 Å². The number of hydrogen-bond acceptors (Lipinski definition) is 4. The highest BCUT2D eigenvalue weighted by atomic mass is 79.9. The van der Waals surface area contributed by atoms with Crippen LogP contribution >= 0.6 is 54.5 Å². The third kappa shape index (κ3) is 2.86. The van der Waals surface area contributed by atoms with Crippen LogP contribution < -0.4 is 11.3 Å². The van der Waals surface area contributed by atoms with Gasteiger partial charge in [-0.1, -0.05) is 18.2 Å². The minimum Gasteiger partial charge on any atom is -0.271 e. The van der Waals surface area contributed by atoms with Crippen molar-refractivity contribution in [1.82, 2.24) is 5.43 Å². The lowest BCUT2D eigenvalue weighted by atomic mass is 10.0. The van der Waals surface area contributed by atoms with E-state index in [1.165, 1.54) is 21.2 Å². The Kier molecular flexibility index (Phi) is 4.59. The molecule has 104 valence electrons. The van der Waals surface area contributed by atoms with E-state index in [4.69, 9.17) is 5.84 Å². The molecule has 0 spiro atoms. The standard InChI is InChI=1S/C14H12Br2N2S2/c15-13-6-10(14(16)20-13)11(18-17)5-8-7-19-12-4-2-1-3-9(8)12/h1-4,6-7,11,18H,5,17H2. The highest BCUT2D eigenvalue weighted by Gasteiger charge is 2.18. The molecule has 0 amide bonds. The summed E-state index contributed by atoms with van der Waals surface area (Å²) in [7, 11) is 0. The number of halogens is 2. The first-order chi connectivity index (χ1) is 9.69. The Morgan fingerprint density at radius 2 is 2.05 bits per heavy atom. The van der Waals surface area contributed by atoms with Crippen molar-refractivity contribution >= 4 is 64.6 Å². The zero-order valence-corrected chi connectivity index (χ0v) is 15.2. The fourth-order valence-electron chi connectivity index (χ4n) is 2.26. The van der Waals surface area contributed by atoms with Gasteiger partial charge >= 0.3 is 0 Å². The molecule has 0 saturated heterocycles. The lowest BCUT2D eigenvalue weighted by molar-refractivity contribution is 0.554. The molecule has 0 aliphatic heterocycles. The Balaban J connectivity index is 1.94. The van der Waals surface area contributed by atoms with Crippen LogP contribution in [0.3, 0.4) is 0 Å². The summed E-state index contributed by atoms with van der Waals surface area (Å²) in [5.41, 5.74) is 5.47. The van der Waals surface area contributed by atoms with Crippen LogP contribution in [0.4, 0.5) is 0 Å². The summed E-state index contributed by atoms with van der Waals surface area (Å²) in [6, 6.07) is 10.7. The van der Waals surface area contributed by atoms with E-state index >= 15 is 0 Å². The molecule has 2 nitrogen and oxygen atoms in total. The number of rotatable bonds is 4. The number of hydrazine groups is 1. The number of benzene rings is 1. The molecule has 0 aliphatic rings. The third-order valence-electron chi connectivity index (χ3n) is 3.24. The molecule has 20 heavy (non-hydrogen) atoms. The van der Waals surface area contributed by atoms with E-state index < -0.39 is 0 Å². The molecule has 3 N–H and O–H groups in total. The Hall–Kier alpha value is -0.240. The highest BCUT2D eigenvalue weighted by Crippen LogP contribution is 2.37. The van der Waals surface area contributed by atoms with Crippen LogP contribution in [-0.4, -0.2) is 0 Å². The molecule has 3 rings (SSSR count). The van der Waals surface area contributed by atoms with E-state index in [-0.39, 0.29) is 6.04 Å². The van der Waals surface area contributed by atoms with Crippen LogP contribution in [0.2, 0.25) is 0 Å².